The van der Waals surface area contributed by atoms with Gasteiger partial charge in [-0.3, -0.25) is 9.59 Å². The summed E-state index contributed by atoms with van der Waals surface area (Å²) in [7, 11) is 0. The highest BCUT2D eigenvalue weighted by atomic mass is 35.5. The molecule has 0 radical (unpaired) electrons. The highest BCUT2D eigenvalue weighted by Gasteiger charge is 2.43. The van der Waals surface area contributed by atoms with Crippen molar-refractivity contribution >= 4 is 23.2 Å². The van der Waals surface area contributed by atoms with Gasteiger partial charge in [0.1, 0.15) is 5.75 Å². The van der Waals surface area contributed by atoms with Gasteiger partial charge in [-0.2, -0.15) is 0 Å². The first kappa shape index (κ1) is 18.3. The average Bonchev–Trinajstić information content (AvgIpc) is 2.65. The number of phenolic OH excluding ortho intramolecular Hbond substituents is 1. The third-order valence-corrected chi connectivity index (χ3v) is 6.07. The molecule has 3 aliphatic rings. The Labute approximate surface area is 164 Å². The summed E-state index contributed by atoms with van der Waals surface area (Å²) in [6.07, 6.45) is 5.28. The predicted octanol–water partition coefficient (Wildman–Crippen LogP) is 4.87. The van der Waals surface area contributed by atoms with Crippen molar-refractivity contribution in [3.63, 3.8) is 0 Å². The van der Waals surface area contributed by atoms with Crippen LogP contribution >= 0.6 is 11.6 Å². The fraction of sp³-hybridized carbons (Fsp3) is 0.455. The highest BCUT2D eigenvalue weighted by molar-refractivity contribution is 6.30. The van der Waals surface area contributed by atoms with E-state index in [1.807, 2.05) is 0 Å². The summed E-state index contributed by atoms with van der Waals surface area (Å²) >= 11 is 6.21. The molecular weight excluding hydrogens is 362 g/mol. The maximum atomic E-state index is 13.0. The molecule has 5 heteroatoms. The van der Waals surface area contributed by atoms with Crippen LogP contribution in [0.15, 0.2) is 40.7 Å². The summed E-state index contributed by atoms with van der Waals surface area (Å²) in [6, 6.07) is 4.88. The second kappa shape index (κ2) is 7.16. The smallest absolute Gasteiger partial charge is 0.161 e. The Balaban J connectivity index is 1.99. The summed E-state index contributed by atoms with van der Waals surface area (Å²) in [5.74, 6) is -0.232. The number of nitrogens with zero attached hydrogens (tertiary/aromatic N) is 1. The molecule has 0 atom stereocenters. The van der Waals surface area contributed by atoms with E-state index in [4.69, 9.17) is 11.6 Å². The number of Topliss-reactive ketones (excluding diaryl/α,β-unsaturated/α-hetero) is 2. The maximum Gasteiger partial charge on any atom is 0.161 e. The van der Waals surface area contributed by atoms with Gasteiger partial charge in [0.05, 0.1) is 0 Å². The number of benzene rings is 1. The molecule has 1 aliphatic heterocycles. The van der Waals surface area contributed by atoms with Crippen molar-refractivity contribution in [2.75, 3.05) is 6.54 Å². The SMILES string of the molecule is CCCN1C2=C(C(=O)CCC2)C(c2cc(Cl)ccc2O)C2=C1CCCC2=O. The lowest BCUT2D eigenvalue weighted by Gasteiger charge is -2.44. The number of phenols is 1. The van der Waals surface area contributed by atoms with E-state index < -0.39 is 5.92 Å². The van der Waals surface area contributed by atoms with Gasteiger partial charge in [-0.1, -0.05) is 18.5 Å². The van der Waals surface area contributed by atoms with Gasteiger partial charge in [0.25, 0.3) is 0 Å². The molecule has 142 valence electrons. The molecule has 1 heterocycles. The van der Waals surface area contributed by atoms with E-state index in [1.165, 1.54) is 0 Å². The van der Waals surface area contributed by atoms with E-state index in [-0.39, 0.29) is 17.3 Å². The van der Waals surface area contributed by atoms with Gasteiger partial charge in [-0.05, 0) is 50.3 Å². The number of aromatic hydroxyl groups is 1. The quantitative estimate of drug-likeness (QED) is 0.806. The zero-order chi connectivity index (χ0) is 19.1. The third-order valence-electron chi connectivity index (χ3n) is 5.83. The minimum absolute atomic E-state index is 0.0868. The molecule has 1 N–H and O–H groups in total. The molecule has 0 saturated heterocycles. The molecule has 27 heavy (non-hydrogen) atoms. The third kappa shape index (κ3) is 3.00. The average molecular weight is 386 g/mol. The summed E-state index contributed by atoms with van der Waals surface area (Å²) in [5, 5.41) is 11.1. The van der Waals surface area contributed by atoms with Crippen molar-refractivity contribution in [2.45, 2.75) is 57.8 Å². The number of hydrogen-bond donors (Lipinski definition) is 1. The summed E-state index contributed by atoms with van der Waals surface area (Å²) < 4.78 is 0. The number of rotatable bonds is 3. The van der Waals surface area contributed by atoms with Gasteiger partial charge < -0.3 is 10.0 Å². The van der Waals surface area contributed by atoms with Crippen LogP contribution in [0.25, 0.3) is 0 Å². The van der Waals surface area contributed by atoms with Gasteiger partial charge in [-0.15, -0.1) is 0 Å². The molecule has 4 rings (SSSR count). The summed E-state index contributed by atoms with van der Waals surface area (Å²) in [6.45, 7) is 2.93. The molecule has 0 amide bonds. The first-order valence-electron chi connectivity index (χ1n) is 9.81. The molecule has 4 nitrogen and oxygen atoms in total. The van der Waals surface area contributed by atoms with Crippen molar-refractivity contribution in [3.05, 3.63) is 51.3 Å². The summed E-state index contributed by atoms with van der Waals surface area (Å²) in [5.41, 5.74) is 4.06. The van der Waals surface area contributed by atoms with E-state index in [2.05, 4.69) is 11.8 Å². The first-order valence-corrected chi connectivity index (χ1v) is 10.2. The van der Waals surface area contributed by atoms with Crippen LogP contribution in [0.1, 0.15) is 63.4 Å². The van der Waals surface area contributed by atoms with Crippen molar-refractivity contribution < 1.29 is 14.7 Å². The molecule has 1 aromatic carbocycles. The topological polar surface area (TPSA) is 57.6 Å². The minimum Gasteiger partial charge on any atom is -0.508 e. The zero-order valence-electron chi connectivity index (χ0n) is 15.6. The van der Waals surface area contributed by atoms with Gasteiger partial charge in [0, 0.05) is 58.4 Å². The van der Waals surface area contributed by atoms with Gasteiger partial charge in [0.2, 0.25) is 0 Å². The molecule has 2 aliphatic carbocycles. The Morgan fingerprint density at radius 3 is 2.19 bits per heavy atom. The lowest BCUT2D eigenvalue weighted by Crippen LogP contribution is -2.39. The van der Waals surface area contributed by atoms with Crippen molar-refractivity contribution in [3.8, 4) is 5.75 Å². The fourth-order valence-corrected chi connectivity index (χ4v) is 4.96. The molecule has 0 aromatic heterocycles. The van der Waals surface area contributed by atoms with Crippen LogP contribution in [-0.4, -0.2) is 28.1 Å². The van der Waals surface area contributed by atoms with E-state index in [0.717, 1.165) is 50.0 Å². The first-order chi connectivity index (χ1) is 13.0. The Hall–Kier alpha value is -2.07. The normalized spacial score (nSPS) is 20.9. The Morgan fingerprint density at radius 2 is 1.63 bits per heavy atom. The van der Waals surface area contributed by atoms with Crippen molar-refractivity contribution in [1.29, 1.82) is 0 Å². The number of halogens is 1. The minimum atomic E-state index is -0.498. The second-order valence-electron chi connectivity index (χ2n) is 7.56. The van der Waals surface area contributed by atoms with Crippen LogP contribution in [0, 0.1) is 0 Å². The molecule has 1 aromatic rings. The Morgan fingerprint density at radius 1 is 1.04 bits per heavy atom. The molecule has 0 saturated carbocycles. The zero-order valence-corrected chi connectivity index (χ0v) is 16.3. The van der Waals surface area contributed by atoms with Gasteiger partial charge >= 0.3 is 0 Å². The van der Waals surface area contributed by atoms with Gasteiger partial charge in [-0.25, -0.2) is 0 Å². The van der Waals surface area contributed by atoms with Crippen LogP contribution in [0.4, 0.5) is 0 Å². The fourth-order valence-electron chi connectivity index (χ4n) is 4.78. The molecule has 0 fully saturated rings. The largest absolute Gasteiger partial charge is 0.508 e. The summed E-state index contributed by atoms with van der Waals surface area (Å²) in [4.78, 5) is 28.2. The van der Waals surface area contributed by atoms with Crippen LogP contribution in [0.3, 0.4) is 0 Å². The van der Waals surface area contributed by atoms with Crippen LogP contribution in [-0.2, 0) is 9.59 Å². The van der Waals surface area contributed by atoms with Crippen LogP contribution in [0.2, 0.25) is 5.02 Å². The molecule has 0 bridgehead atoms. The Kier molecular flexibility index (Phi) is 4.85. The van der Waals surface area contributed by atoms with Crippen molar-refractivity contribution in [2.24, 2.45) is 0 Å². The highest BCUT2D eigenvalue weighted by Crippen LogP contribution is 2.50. The van der Waals surface area contributed by atoms with E-state index in [1.54, 1.807) is 18.2 Å². The number of ketones is 2. The second-order valence-corrected chi connectivity index (χ2v) is 8.00. The van der Waals surface area contributed by atoms with E-state index in [0.29, 0.717) is 34.6 Å². The molecule has 0 spiro atoms. The molecular formula is C22H24ClNO3. The van der Waals surface area contributed by atoms with Crippen molar-refractivity contribution in [1.82, 2.24) is 4.90 Å². The van der Waals surface area contributed by atoms with Crippen LogP contribution in [0.5, 0.6) is 5.75 Å². The van der Waals surface area contributed by atoms with Gasteiger partial charge in [0.15, 0.2) is 11.6 Å². The molecule has 0 unspecified atom stereocenters. The lowest BCUT2D eigenvalue weighted by atomic mass is 9.70. The lowest BCUT2D eigenvalue weighted by molar-refractivity contribution is -0.117. The Bertz CT molecular complexity index is 840. The van der Waals surface area contributed by atoms with E-state index in [9.17, 15) is 14.7 Å². The van der Waals surface area contributed by atoms with E-state index >= 15 is 0 Å². The monoisotopic (exact) mass is 385 g/mol. The number of carbonyl (C=O) groups excluding carboxylic acids is 2. The number of allylic oxidation sites excluding steroid dienone is 4. The van der Waals surface area contributed by atoms with Crippen LogP contribution < -0.4 is 0 Å². The standard InChI is InChI=1S/C22H24ClNO3/c1-2-11-24-15-5-3-7-18(26)21(15)20(14-12-13(23)9-10-17(14)25)22-16(24)6-4-8-19(22)27/h9-10,12,20,25H,2-8,11H2,1H3. The number of carbonyl (C=O) groups is 2. The predicted molar refractivity (Wildman–Crippen MR) is 105 cm³/mol. The maximum absolute atomic E-state index is 13.0. The number of hydrogen-bond acceptors (Lipinski definition) is 4.